The van der Waals surface area contributed by atoms with Gasteiger partial charge in [-0.3, -0.25) is 9.69 Å². The van der Waals surface area contributed by atoms with Gasteiger partial charge in [-0.1, -0.05) is 24.6 Å². The molecule has 1 aliphatic heterocycles. The van der Waals surface area contributed by atoms with Crippen molar-refractivity contribution in [2.24, 2.45) is 11.8 Å². The number of carboxylic acid groups (broad SMARTS) is 1. The summed E-state index contributed by atoms with van der Waals surface area (Å²) >= 11 is 0. The predicted molar refractivity (Wildman–Crippen MR) is 75.8 cm³/mol. The minimum absolute atomic E-state index is 0.304. The predicted octanol–water partition coefficient (Wildman–Crippen LogP) is 2.25. The number of para-hydroxylation sites is 1. The Bertz CT molecular complexity index is 462. The van der Waals surface area contributed by atoms with Crippen molar-refractivity contribution in [2.75, 3.05) is 19.7 Å². The molecule has 1 saturated heterocycles. The summed E-state index contributed by atoms with van der Waals surface area (Å²) < 4.78 is 5.68. The van der Waals surface area contributed by atoms with Crippen LogP contribution in [0, 0.1) is 11.8 Å². The largest absolute Gasteiger partial charge is 0.492 e. The Kier molecular flexibility index (Phi) is 3.92. The highest BCUT2D eigenvalue weighted by atomic mass is 16.5. The third-order valence-electron chi connectivity index (χ3n) is 4.63. The molecule has 1 aromatic rings. The zero-order valence-electron chi connectivity index (χ0n) is 11.6. The molecule has 3 rings (SSSR count). The molecule has 20 heavy (non-hydrogen) atoms. The molecule has 1 N–H and O–H groups in total. The third kappa shape index (κ3) is 2.66. The van der Waals surface area contributed by atoms with E-state index in [1.165, 1.54) is 12.8 Å². The second-order valence-corrected chi connectivity index (χ2v) is 5.79. The van der Waals surface area contributed by atoms with Crippen molar-refractivity contribution in [1.82, 2.24) is 4.90 Å². The van der Waals surface area contributed by atoms with E-state index in [1.807, 2.05) is 30.3 Å². The topological polar surface area (TPSA) is 49.8 Å². The Morgan fingerprint density at radius 2 is 2.10 bits per heavy atom. The van der Waals surface area contributed by atoms with E-state index in [2.05, 4.69) is 4.90 Å². The van der Waals surface area contributed by atoms with Crippen LogP contribution in [0.3, 0.4) is 0 Å². The number of likely N-dealkylation sites (tertiary alicyclic amines) is 1. The molecule has 4 nitrogen and oxygen atoms in total. The van der Waals surface area contributed by atoms with Crippen LogP contribution in [0.2, 0.25) is 0 Å². The number of fused-ring (bicyclic) bond motifs is 1. The monoisotopic (exact) mass is 275 g/mol. The van der Waals surface area contributed by atoms with Crippen LogP contribution in [0.25, 0.3) is 0 Å². The summed E-state index contributed by atoms with van der Waals surface area (Å²) in [6.07, 6.45) is 3.44. The van der Waals surface area contributed by atoms with Crippen LogP contribution in [0.5, 0.6) is 5.75 Å². The number of aliphatic carboxylic acids is 1. The van der Waals surface area contributed by atoms with Crippen LogP contribution < -0.4 is 4.74 Å². The Labute approximate surface area is 119 Å². The molecule has 1 aromatic carbocycles. The van der Waals surface area contributed by atoms with E-state index in [4.69, 9.17) is 4.74 Å². The molecule has 1 saturated carbocycles. The number of benzene rings is 1. The van der Waals surface area contributed by atoms with Crippen LogP contribution in [0.4, 0.5) is 0 Å². The number of carbonyl (C=O) groups is 1. The van der Waals surface area contributed by atoms with Gasteiger partial charge in [0.15, 0.2) is 0 Å². The Hall–Kier alpha value is -1.55. The summed E-state index contributed by atoms with van der Waals surface area (Å²) in [5.74, 6) is 1.11. The number of hydrogen-bond acceptors (Lipinski definition) is 3. The number of rotatable bonds is 5. The standard InChI is InChI=1S/C16H21NO3/c18-16(19)15-14-8-4-5-12(14)11-17(15)9-10-20-13-6-2-1-3-7-13/h1-3,6-7,12,14-15H,4-5,8-11H2,(H,18,19). The lowest BCUT2D eigenvalue weighted by Gasteiger charge is -2.24. The number of nitrogens with zero attached hydrogens (tertiary/aromatic N) is 1. The zero-order chi connectivity index (χ0) is 13.9. The molecule has 4 heteroatoms. The van der Waals surface area contributed by atoms with Gasteiger partial charge in [0, 0.05) is 13.1 Å². The maximum atomic E-state index is 11.5. The Balaban J connectivity index is 1.55. The van der Waals surface area contributed by atoms with Crippen LogP contribution >= 0.6 is 0 Å². The van der Waals surface area contributed by atoms with Crippen molar-refractivity contribution < 1.29 is 14.6 Å². The summed E-state index contributed by atoms with van der Waals surface area (Å²) in [5.41, 5.74) is 0. The second kappa shape index (κ2) is 5.83. The summed E-state index contributed by atoms with van der Waals surface area (Å²) in [6, 6.07) is 9.38. The third-order valence-corrected chi connectivity index (χ3v) is 4.63. The number of hydrogen-bond donors (Lipinski definition) is 1. The van der Waals surface area contributed by atoms with Crippen LogP contribution in [0.15, 0.2) is 30.3 Å². The first-order valence-corrected chi connectivity index (χ1v) is 7.40. The first kappa shape index (κ1) is 13.4. The van der Waals surface area contributed by atoms with Crippen molar-refractivity contribution in [2.45, 2.75) is 25.3 Å². The van der Waals surface area contributed by atoms with E-state index in [-0.39, 0.29) is 6.04 Å². The molecule has 1 aliphatic carbocycles. The number of ether oxygens (including phenoxy) is 1. The first-order valence-electron chi connectivity index (χ1n) is 7.40. The van der Waals surface area contributed by atoms with Gasteiger partial charge >= 0.3 is 5.97 Å². The van der Waals surface area contributed by atoms with Gasteiger partial charge in [0.2, 0.25) is 0 Å². The molecular formula is C16H21NO3. The maximum absolute atomic E-state index is 11.5. The average molecular weight is 275 g/mol. The summed E-state index contributed by atoms with van der Waals surface area (Å²) in [5, 5.41) is 9.46. The molecule has 0 radical (unpaired) electrons. The van der Waals surface area contributed by atoms with Crippen molar-refractivity contribution >= 4 is 5.97 Å². The maximum Gasteiger partial charge on any atom is 0.321 e. The highest BCUT2D eigenvalue weighted by molar-refractivity contribution is 5.74. The lowest BCUT2D eigenvalue weighted by molar-refractivity contribution is -0.143. The minimum atomic E-state index is -0.667. The normalized spacial score (nSPS) is 29.3. The highest BCUT2D eigenvalue weighted by Crippen LogP contribution is 2.42. The van der Waals surface area contributed by atoms with E-state index >= 15 is 0 Å². The van der Waals surface area contributed by atoms with Gasteiger partial charge in [-0.25, -0.2) is 0 Å². The quantitative estimate of drug-likeness (QED) is 0.895. The second-order valence-electron chi connectivity index (χ2n) is 5.79. The summed E-state index contributed by atoms with van der Waals surface area (Å²) in [7, 11) is 0. The van der Waals surface area contributed by atoms with Gasteiger partial charge in [-0.15, -0.1) is 0 Å². The summed E-state index contributed by atoms with van der Waals surface area (Å²) in [6.45, 7) is 2.16. The zero-order valence-corrected chi connectivity index (χ0v) is 11.6. The van der Waals surface area contributed by atoms with Crippen LogP contribution in [-0.4, -0.2) is 41.7 Å². The van der Waals surface area contributed by atoms with Crippen LogP contribution in [-0.2, 0) is 4.79 Å². The van der Waals surface area contributed by atoms with E-state index < -0.39 is 5.97 Å². The fourth-order valence-electron chi connectivity index (χ4n) is 3.76. The molecule has 1 heterocycles. The van der Waals surface area contributed by atoms with Gasteiger partial charge < -0.3 is 9.84 Å². The molecule has 0 spiro atoms. The Morgan fingerprint density at radius 3 is 2.85 bits per heavy atom. The average Bonchev–Trinajstić information content (AvgIpc) is 2.99. The Morgan fingerprint density at radius 1 is 1.30 bits per heavy atom. The lowest BCUT2D eigenvalue weighted by atomic mass is 9.94. The fraction of sp³-hybridized carbons (Fsp3) is 0.562. The van der Waals surface area contributed by atoms with Crippen molar-refractivity contribution in [3.8, 4) is 5.75 Å². The molecule has 108 valence electrons. The molecule has 3 atom stereocenters. The van der Waals surface area contributed by atoms with Gasteiger partial charge in [0.25, 0.3) is 0 Å². The molecule has 0 amide bonds. The molecular weight excluding hydrogens is 254 g/mol. The number of carboxylic acids is 1. The van der Waals surface area contributed by atoms with Gasteiger partial charge in [-0.05, 0) is 36.8 Å². The molecule has 0 aromatic heterocycles. The molecule has 0 bridgehead atoms. The van der Waals surface area contributed by atoms with Crippen LogP contribution in [0.1, 0.15) is 19.3 Å². The van der Waals surface area contributed by atoms with Crippen molar-refractivity contribution in [1.29, 1.82) is 0 Å². The smallest absolute Gasteiger partial charge is 0.321 e. The van der Waals surface area contributed by atoms with Gasteiger partial charge in [-0.2, -0.15) is 0 Å². The van der Waals surface area contributed by atoms with Gasteiger partial charge in [0.05, 0.1) is 0 Å². The molecule has 2 aliphatic rings. The van der Waals surface area contributed by atoms with E-state index in [9.17, 15) is 9.90 Å². The van der Waals surface area contributed by atoms with E-state index in [0.29, 0.717) is 25.0 Å². The fourth-order valence-corrected chi connectivity index (χ4v) is 3.76. The lowest BCUT2D eigenvalue weighted by Crippen LogP contribution is -2.41. The molecule has 2 fully saturated rings. The van der Waals surface area contributed by atoms with Gasteiger partial charge in [0.1, 0.15) is 18.4 Å². The first-order chi connectivity index (χ1) is 9.75. The summed E-state index contributed by atoms with van der Waals surface area (Å²) in [4.78, 5) is 13.6. The van der Waals surface area contributed by atoms with Crippen molar-refractivity contribution in [3.63, 3.8) is 0 Å². The van der Waals surface area contributed by atoms with Crippen molar-refractivity contribution in [3.05, 3.63) is 30.3 Å². The highest BCUT2D eigenvalue weighted by Gasteiger charge is 2.47. The SMILES string of the molecule is O=C(O)C1C2CCCC2CN1CCOc1ccccc1. The van der Waals surface area contributed by atoms with E-state index in [1.54, 1.807) is 0 Å². The van der Waals surface area contributed by atoms with E-state index in [0.717, 1.165) is 18.7 Å². The molecule has 3 unspecified atom stereocenters. The minimum Gasteiger partial charge on any atom is -0.492 e.